The Hall–Kier alpha value is -3.79. The largest absolute Gasteiger partial charge is 0.465 e. The van der Waals surface area contributed by atoms with E-state index in [0.717, 1.165) is 4.57 Å². The minimum absolute atomic E-state index is 0.00197. The van der Waals surface area contributed by atoms with Gasteiger partial charge < -0.3 is 24.4 Å². The lowest BCUT2D eigenvalue weighted by Crippen LogP contribution is -2.60. The maximum atomic E-state index is 13.8. The number of hydrogen-bond donors (Lipinski definition) is 1. The summed E-state index contributed by atoms with van der Waals surface area (Å²) in [5.74, 6) is 5.71. The summed E-state index contributed by atoms with van der Waals surface area (Å²) < 4.78 is 14.8. The van der Waals surface area contributed by atoms with Crippen molar-refractivity contribution in [2.24, 2.45) is 10.8 Å². The lowest BCUT2D eigenvalue weighted by molar-refractivity contribution is -0.157. The molecule has 1 fully saturated rings. The lowest BCUT2D eigenvalue weighted by atomic mass is 9.84. The summed E-state index contributed by atoms with van der Waals surface area (Å²) in [6.07, 6.45) is -0.999. The molecule has 2 aromatic heterocycles. The maximum absolute atomic E-state index is 13.8. The van der Waals surface area contributed by atoms with Gasteiger partial charge in [0.1, 0.15) is 0 Å². The Bertz CT molecular complexity index is 1460. The van der Waals surface area contributed by atoms with Gasteiger partial charge in [0.2, 0.25) is 5.95 Å². The first-order valence-corrected chi connectivity index (χ1v) is 13.8. The highest BCUT2D eigenvalue weighted by Crippen LogP contribution is 2.31. The molecule has 0 bridgehead atoms. The van der Waals surface area contributed by atoms with Crippen LogP contribution in [-0.2, 0) is 34.1 Å². The van der Waals surface area contributed by atoms with Crippen LogP contribution in [0.4, 0.5) is 10.7 Å². The number of carbonyl (C=O) groups is 2. The van der Waals surface area contributed by atoms with Gasteiger partial charge in [-0.05, 0) is 40.0 Å². The minimum Gasteiger partial charge on any atom is -0.465 e. The average Bonchev–Trinajstić information content (AvgIpc) is 3.27. The molecule has 1 aliphatic heterocycles. The van der Waals surface area contributed by atoms with E-state index in [9.17, 15) is 24.3 Å². The predicted octanol–water partition coefficient (Wildman–Crippen LogP) is 2.18. The monoisotopic (exact) mass is 574 g/mol. The highest BCUT2D eigenvalue weighted by molar-refractivity contribution is 5.76. The van der Waals surface area contributed by atoms with Crippen LogP contribution in [0.1, 0.15) is 55.4 Å². The van der Waals surface area contributed by atoms with Gasteiger partial charge in [0.15, 0.2) is 17.9 Å². The Morgan fingerprint density at radius 1 is 1.07 bits per heavy atom. The van der Waals surface area contributed by atoms with Crippen LogP contribution in [-0.4, -0.2) is 79.6 Å². The molecule has 0 saturated carbocycles. The molecule has 3 heterocycles. The summed E-state index contributed by atoms with van der Waals surface area (Å²) in [6.45, 7) is 15.6. The van der Waals surface area contributed by atoms with Crippen molar-refractivity contribution in [2.45, 2.75) is 81.3 Å². The van der Waals surface area contributed by atoms with Gasteiger partial charge in [-0.25, -0.2) is 14.2 Å². The number of imidazole rings is 1. The molecule has 0 spiro atoms. The Kier molecular flexibility index (Phi) is 9.58. The van der Waals surface area contributed by atoms with Crippen molar-refractivity contribution in [1.82, 2.24) is 23.6 Å². The topological polar surface area (TPSA) is 141 Å². The van der Waals surface area contributed by atoms with E-state index in [1.165, 1.54) is 9.47 Å². The van der Waals surface area contributed by atoms with Crippen LogP contribution in [0.25, 0.3) is 11.2 Å². The van der Waals surface area contributed by atoms with Gasteiger partial charge in [0.25, 0.3) is 5.56 Å². The Morgan fingerprint density at radius 2 is 1.76 bits per heavy atom. The fourth-order valence-corrected chi connectivity index (χ4v) is 4.72. The van der Waals surface area contributed by atoms with Crippen LogP contribution in [0.15, 0.2) is 9.59 Å². The molecule has 0 aliphatic carbocycles. The number of carboxylic acid groups (broad SMARTS) is 1. The third kappa shape index (κ3) is 6.75. The second-order valence-corrected chi connectivity index (χ2v) is 12.1. The first-order valence-electron chi connectivity index (χ1n) is 13.8. The smallest absolute Gasteiger partial charge is 0.407 e. The Morgan fingerprint density at radius 3 is 2.32 bits per heavy atom. The highest BCUT2D eigenvalue weighted by Gasteiger charge is 2.39. The standard InChI is InChI=1S/C28H42N6O7/c1-9-11-12-32-20-21(29-24(32)30-13-14-31(26(38)39)19(17-30)27(3,4)5)34(18-41-23(36)28(6,7)8)25(37)33(22(20)35)15-16-40-10-2/h19H,10,12-18H2,1-8H3,(H,38,39). The molecular formula is C28H42N6O7. The van der Waals surface area contributed by atoms with E-state index in [2.05, 4.69) is 11.8 Å². The summed E-state index contributed by atoms with van der Waals surface area (Å²) in [4.78, 5) is 60.1. The molecule has 0 aromatic carbocycles. The molecule has 1 aliphatic rings. The van der Waals surface area contributed by atoms with Crippen molar-refractivity contribution < 1.29 is 24.2 Å². The number of nitrogens with zero attached hydrogens (tertiary/aromatic N) is 6. The van der Waals surface area contributed by atoms with Gasteiger partial charge in [-0.3, -0.25) is 18.7 Å². The number of anilines is 1. The van der Waals surface area contributed by atoms with Gasteiger partial charge in [-0.15, -0.1) is 5.92 Å². The zero-order valence-electron chi connectivity index (χ0n) is 25.3. The number of amides is 1. The zero-order valence-corrected chi connectivity index (χ0v) is 25.3. The lowest BCUT2D eigenvalue weighted by Gasteiger charge is -2.46. The molecule has 1 N–H and O–H groups in total. The predicted molar refractivity (Wildman–Crippen MR) is 154 cm³/mol. The molecule has 1 saturated heterocycles. The maximum Gasteiger partial charge on any atom is 0.407 e. The number of rotatable bonds is 8. The van der Waals surface area contributed by atoms with Gasteiger partial charge >= 0.3 is 17.8 Å². The molecule has 0 radical (unpaired) electrons. The summed E-state index contributed by atoms with van der Waals surface area (Å²) in [6, 6.07) is -0.364. The third-order valence-corrected chi connectivity index (χ3v) is 7.02. The highest BCUT2D eigenvalue weighted by atomic mass is 16.5. The van der Waals surface area contributed by atoms with Crippen LogP contribution in [0.2, 0.25) is 0 Å². The summed E-state index contributed by atoms with van der Waals surface area (Å²) in [5, 5.41) is 9.83. The van der Waals surface area contributed by atoms with Gasteiger partial charge in [-0.2, -0.15) is 4.98 Å². The van der Waals surface area contributed by atoms with Crippen LogP contribution in [0.3, 0.4) is 0 Å². The van der Waals surface area contributed by atoms with Crippen molar-refractivity contribution in [3.63, 3.8) is 0 Å². The quantitative estimate of drug-likeness (QED) is 0.285. The molecule has 3 rings (SSSR count). The summed E-state index contributed by atoms with van der Waals surface area (Å²) in [5.41, 5.74) is -2.22. The van der Waals surface area contributed by atoms with Gasteiger partial charge in [-0.1, -0.05) is 26.7 Å². The van der Waals surface area contributed by atoms with Crippen molar-refractivity contribution in [3.05, 3.63) is 20.8 Å². The van der Waals surface area contributed by atoms with E-state index in [1.807, 2.05) is 32.6 Å². The molecular weight excluding hydrogens is 532 g/mol. The molecule has 2 aromatic rings. The molecule has 13 nitrogen and oxygen atoms in total. The van der Waals surface area contributed by atoms with E-state index < -0.39 is 35.5 Å². The van der Waals surface area contributed by atoms with Crippen molar-refractivity contribution in [2.75, 3.05) is 37.7 Å². The molecule has 13 heteroatoms. The zero-order chi connectivity index (χ0) is 30.7. The molecule has 1 unspecified atom stereocenters. The average molecular weight is 575 g/mol. The Balaban J connectivity index is 2.25. The second-order valence-electron chi connectivity index (χ2n) is 12.1. The van der Waals surface area contributed by atoms with E-state index >= 15 is 0 Å². The molecule has 1 atom stereocenters. The molecule has 226 valence electrons. The summed E-state index contributed by atoms with van der Waals surface area (Å²) in [7, 11) is 0. The first-order chi connectivity index (χ1) is 19.1. The molecule has 1 amide bonds. The number of ether oxygens (including phenoxy) is 2. The third-order valence-electron chi connectivity index (χ3n) is 7.02. The number of aromatic nitrogens is 4. The van der Waals surface area contributed by atoms with Gasteiger partial charge in [0, 0.05) is 26.2 Å². The van der Waals surface area contributed by atoms with Gasteiger partial charge in [0.05, 0.1) is 31.2 Å². The Labute approximate surface area is 239 Å². The SMILES string of the molecule is CC#CCn1c(N2CCN(C(=O)O)C(C(C)(C)C)C2)nc2c1c(=O)n(CCOCC)c(=O)n2COC(=O)C(C)(C)C. The fraction of sp³-hybridized carbons (Fsp3) is 0.679. The van der Waals surface area contributed by atoms with Crippen molar-refractivity contribution >= 4 is 29.2 Å². The van der Waals surface area contributed by atoms with Crippen molar-refractivity contribution in [3.8, 4) is 11.8 Å². The number of esters is 1. The van der Waals surface area contributed by atoms with E-state index in [4.69, 9.17) is 14.5 Å². The second kappa shape index (κ2) is 12.4. The number of hydrogen-bond acceptors (Lipinski definition) is 8. The number of carbonyl (C=O) groups excluding carboxylic acids is 1. The van der Waals surface area contributed by atoms with E-state index in [-0.39, 0.29) is 48.9 Å². The number of fused-ring (bicyclic) bond motifs is 1. The van der Waals surface area contributed by atoms with Crippen molar-refractivity contribution in [1.29, 1.82) is 0 Å². The number of piperazine rings is 1. The van der Waals surface area contributed by atoms with E-state index in [1.54, 1.807) is 32.3 Å². The fourth-order valence-electron chi connectivity index (χ4n) is 4.72. The first kappa shape index (κ1) is 31.7. The minimum atomic E-state index is -0.999. The van der Waals surface area contributed by atoms with Crippen LogP contribution >= 0.6 is 0 Å². The normalized spacial score (nSPS) is 16.0. The summed E-state index contributed by atoms with van der Waals surface area (Å²) >= 11 is 0. The molecule has 41 heavy (non-hydrogen) atoms. The van der Waals surface area contributed by atoms with Crippen LogP contribution in [0, 0.1) is 22.7 Å². The van der Waals surface area contributed by atoms with E-state index in [0.29, 0.717) is 25.6 Å². The van der Waals surface area contributed by atoms with Crippen LogP contribution in [0.5, 0.6) is 0 Å². The van der Waals surface area contributed by atoms with Crippen LogP contribution < -0.4 is 16.1 Å².